The molecule has 6 rings (SSSR count). The number of nitrogens with zero attached hydrogens (tertiary/aromatic N) is 3. The van der Waals surface area contributed by atoms with Crippen LogP contribution in [0.25, 0.3) is 44.0 Å². The second kappa shape index (κ2) is 7.49. The summed E-state index contributed by atoms with van der Waals surface area (Å²) in [6, 6.07) is 13.6. The Bertz CT molecular complexity index is 1560. The van der Waals surface area contributed by atoms with Gasteiger partial charge in [0.1, 0.15) is 11.6 Å². The van der Waals surface area contributed by atoms with E-state index in [9.17, 15) is 4.79 Å². The predicted molar refractivity (Wildman–Crippen MR) is 131 cm³/mol. The molecule has 0 unspecified atom stereocenters. The maximum absolute atomic E-state index is 13.4. The SMILES string of the molecule is COc1ccc(-c2nc3n[nH]c(N)c3c3c2c(=O)[nH]c2ccc(N4CCNCC4)cc23)cc1. The van der Waals surface area contributed by atoms with Crippen molar-refractivity contribution in [3.63, 3.8) is 0 Å². The summed E-state index contributed by atoms with van der Waals surface area (Å²) in [5.41, 5.74) is 9.76. The van der Waals surface area contributed by atoms with E-state index in [4.69, 9.17) is 15.5 Å². The summed E-state index contributed by atoms with van der Waals surface area (Å²) in [4.78, 5) is 23.5. The summed E-state index contributed by atoms with van der Waals surface area (Å²) in [7, 11) is 1.62. The van der Waals surface area contributed by atoms with Crippen molar-refractivity contribution in [1.29, 1.82) is 0 Å². The number of fused-ring (bicyclic) bond motifs is 5. The standard InChI is InChI=1S/C24H23N7O2/c1-33-15-5-2-13(3-6-15)21-19-18(20-22(25)29-30-23(20)28-21)16-12-14(31-10-8-26-9-11-31)4-7-17(16)27-24(19)32/h2-7,12,26H,8-11H2,1H3,(H,27,32)(H3,25,28,29,30). The molecule has 0 amide bonds. The van der Waals surface area contributed by atoms with Crippen LogP contribution in [0.1, 0.15) is 0 Å². The number of H-pyrrole nitrogens is 2. The molecule has 5 N–H and O–H groups in total. The Morgan fingerprint density at radius 3 is 2.58 bits per heavy atom. The smallest absolute Gasteiger partial charge is 0.258 e. The minimum Gasteiger partial charge on any atom is -0.497 e. The van der Waals surface area contributed by atoms with Crippen LogP contribution in [0.15, 0.2) is 47.3 Å². The quantitative estimate of drug-likeness (QED) is 0.317. The Hall–Kier alpha value is -4.11. The largest absolute Gasteiger partial charge is 0.497 e. The third-order valence-corrected chi connectivity index (χ3v) is 6.32. The number of piperazine rings is 1. The van der Waals surface area contributed by atoms with Crippen molar-refractivity contribution in [2.75, 3.05) is 43.9 Å². The molecule has 3 aromatic heterocycles. The maximum atomic E-state index is 13.4. The fourth-order valence-corrected chi connectivity index (χ4v) is 4.68. The lowest BCUT2D eigenvalue weighted by Crippen LogP contribution is -2.43. The molecule has 0 atom stereocenters. The van der Waals surface area contributed by atoms with E-state index < -0.39 is 0 Å². The first-order chi connectivity index (χ1) is 16.1. The van der Waals surface area contributed by atoms with Crippen molar-refractivity contribution in [3.05, 3.63) is 52.8 Å². The number of nitrogens with one attached hydrogen (secondary N) is 3. The molecular formula is C24H23N7O2. The number of rotatable bonds is 3. The fourth-order valence-electron chi connectivity index (χ4n) is 4.68. The number of anilines is 2. The normalized spacial score (nSPS) is 14.4. The van der Waals surface area contributed by atoms with Crippen molar-refractivity contribution in [1.82, 2.24) is 25.5 Å². The maximum Gasteiger partial charge on any atom is 0.258 e. The van der Waals surface area contributed by atoms with E-state index in [-0.39, 0.29) is 5.56 Å². The molecule has 9 heteroatoms. The van der Waals surface area contributed by atoms with Crippen LogP contribution in [-0.4, -0.2) is 53.5 Å². The molecule has 1 fully saturated rings. The van der Waals surface area contributed by atoms with Gasteiger partial charge in [-0.3, -0.25) is 9.89 Å². The minimum absolute atomic E-state index is 0.215. The Morgan fingerprint density at radius 2 is 1.82 bits per heavy atom. The van der Waals surface area contributed by atoms with E-state index in [2.05, 4.69) is 37.5 Å². The molecule has 2 aromatic carbocycles. The first kappa shape index (κ1) is 19.6. The Balaban J connectivity index is 1.71. The zero-order chi connectivity index (χ0) is 22.5. The number of benzene rings is 2. The molecule has 0 bridgehead atoms. The minimum atomic E-state index is -0.215. The van der Waals surface area contributed by atoms with E-state index in [1.807, 2.05) is 30.3 Å². The lowest BCUT2D eigenvalue weighted by Gasteiger charge is -2.29. The highest BCUT2D eigenvalue weighted by atomic mass is 16.5. The topological polar surface area (TPSA) is 125 Å². The van der Waals surface area contributed by atoms with Crippen molar-refractivity contribution in [2.45, 2.75) is 0 Å². The summed E-state index contributed by atoms with van der Waals surface area (Å²) >= 11 is 0. The predicted octanol–water partition coefficient (Wildman–Crippen LogP) is 2.62. The molecule has 0 spiro atoms. The van der Waals surface area contributed by atoms with E-state index in [1.165, 1.54) is 0 Å². The average molecular weight is 441 g/mol. The van der Waals surface area contributed by atoms with Gasteiger partial charge in [0.25, 0.3) is 5.56 Å². The Kier molecular flexibility index (Phi) is 4.44. The highest BCUT2D eigenvalue weighted by molar-refractivity contribution is 6.23. The van der Waals surface area contributed by atoms with Crippen molar-refractivity contribution < 1.29 is 4.74 Å². The van der Waals surface area contributed by atoms with Gasteiger partial charge in [0.15, 0.2) is 5.65 Å². The molecule has 1 aliphatic heterocycles. The molecular weight excluding hydrogens is 418 g/mol. The first-order valence-electron chi connectivity index (χ1n) is 10.9. The van der Waals surface area contributed by atoms with Crippen molar-refractivity contribution in [3.8, 4) is 17.0 Å². The van der Waals surface area contributed by atoms with Gasteiger partial charge in [-0.05, 0) is 42.5 Å². The number of methoxy groups -OCH3 is 1. The molecule has 1 saturated heterocycles. The van der Waals surface area contributed by atoms with E-state index in [0.717, 1.165) is 59.5 Å². The molecule has 5 aromatic rings. The highest BCUT2D eigenvalue weighted by Gasteiger charge is 2.21. The van der Waals surface area contributed by atoms with Gasteiger partial charge in [-0.15, -0.1) is 0 Å². The molecule has 0 radical (unpaired) electrons. The number of nitrogens with two attached hydrogens (primary N) is 1. The van der Waals surface area contributed by atoms with Gasteiger partial charge >= 0.3 is 0 Å². The van der Waals surface area contributed by atoms with Gasteiger partial charge in [-0.25, -0.2) is 4.98 Å². The molecule has 0 saturated carbocycles. The Morgan fingerprint density at radius 1 is 1.03 bits per heavy atom. The summed E-state index contributed by atoms with van der Waals surface area (Å²) < 4.78 is 5.29. The zero-order valence-electron chi connectivity index (χ0n) is 18.1. The molecule has 166 valence electrons. The lowest BCUT2D eigenvalue weighted by atomic mass is 9.99. The monoisotopic (exact) mass is 441 g/mol. The van der Waals surface area contributed by atoms with Crippen LogP contribution < -0.4 is 26.2 Å². The van der Waals surface area contributed by atoms with Crippen molar-refractivity contribution >= 4 is 44.2 Å². The lowest BCUT2D eigenvalue weighted by molar-refractivity contribution is 0.415. The molecule has 0 aliphatic carbocycles. The summed E-state index contributed by atoms with van der Waals surface area (Å²) in [6.07, 6.45) is 0. The number of nitrogen functional groups attached to an aromatic ring is 1. The fraction of sp³-hybridized carbons (Fsp3) is 0.208. The average Bonchev–Trinajstić information content (AvgIpc) is 3.24. The summed E-state index contributed by atoms with van der Waals surface area (Å²) in [6.45, 7) is 3.73. The second-order valence-corrected chi connectivity index (χ2v) is 8.20. The molecule has 4 heterocycles. The van der Waals surface area contributed by atoms with Gasteiger partial charge in [-0.1, -0.05) is 0 Å². The van der Waals surface area contributed by atoms with Crippen LogP contribution in [-0.2, 0) is 0 Å². The van der Waals surface area contributed by atoms with Crippen LogP contribution in [0.4, 0.5) is 11.5 Å². The van der Waals surface area contributed by atoms with Crippen LogP contribution in [0, 0.1) is 0 Å². The van der Waals surface area contributed by atoms with E-state index >= 15 is 0 Å². The number of hydrogen-bond acceptors (Lipinski definition) is 7. The van der Waals surface area contributed by atoms with Gasteiger partial charge < -0.3 is 25.7 Å². The van der Waals surface area contributed by atoms with Gasteiger partial charge in [0, 0.05) is 53.7 Å². The number of aromatic nitrogens is 4. The number of pyridine rings is 2. The molecule has 1 aliphatic rings. The highest BCUT2D eigenvalue weighted by Crippen LogP contribution is 2.37. The van der Waals surface area contributed by atoms with Crippen LogP contribution >= 0.6 is 0 Å². The third kappa shape index (κ3) is 3.08. The van der Waals surface area contributed by atoms with Crippen LogP contribution in [0.5, 0.6) is 5.75 Å². The van der Waals surface area contributed by atoms with Crippen LogP contribution in [0.3, 0.4) is 0 Å². The van der Waals surface area contributed by atoms with Gasteiger partial charge in [0.05, 0.1) is 23.6 Å². The Labute approximate surface area is 188 Å². The number of ether oxygens (including phenoxy) is 1. The zero-order valence-corrected chi connectivity index (χ0v) is 18.1. The molecule has 33 heavy (non-hydrogen) atoms. The van der Waals surface area contributed by atoms with Crippen LogP contribution in [0.2, 0.25) is 0 Å². The molecule has 9 nitrogen and oxygen atoms in total. The van der Waals surface area contributed by atoms with Gasteiger partial charge in [-0.2, -0.15) is 5.10 Å². The van der Waals surface area contributed by atoms with E-state index in [1.54, 1.807) is 7.11 Å². The van der Waals surface area contributed by atoms with Crippen molar-refractivity contribution in [2.24, 2.45) is 0 Å². The summed E-state index contributed by atoms with van der Waals surface area (Å²) in [5.74, 6) is 1.12. The van der Waals surface area contributed by atoms with Gasteiger partial charge in [0.2, 0.25) is 0 Å². The summed E-state index contributed by atoms with van der Waals surface area (Å²) in [5, 5.41) is 13.4. The third-order valence-electron chi connectivity index (χ3n) is 6.32. The van der Waals surface area contributed by atoms with E-state index in [0.29, 0.717) is 27.9 Å². The first-order valence-corrected chi connectivity index (χ1v) is 10.9. The number of aromatic amines is 2. The second-order valence-electron chi connectivity index (χ2n) is 8.20. The number of hydrogen-bond donors (Lipinski definition) is 4.